The molecule has 0 saturated heterocycles. The summed E-state index contributed by atoms with van der Waals surface area (Å²) in [4.78, 5) is 16.6. The Morgan fingerprint density at radius 2 is 1.68 bits per heavy atom. The first-order valence-corrected chi connectivity index (χ1v) is 9.25. The molecule has 0 radical (unpaired) electrons. The summed E-state index contributed by atoms with van der Waals surface area (Å²) in [6.45, 7) is 1.45. The molecule has 2 aromatic carbocycles. The number of anilines is 1. The van der Waals surface area contributed by atoms with E-state index < -0.39 is 0 Å². The maximum absolute atomic E-state index is 12.2. The second-order valence-electron chi connectivity index (χ2n) is 5.69. The zero-order valence-electron chi connectivity index (χ0n) is 13.9. The fourth-order valence-corrected chi connectivity index (χ4v) is 3.24. The third-order valence-corrected chi connectivity index (χ3v) is 4.57. The average molecular weight is 351 g/mol. The topological polar surface area (TPSA) is 54.0 Å². The van der Waals surface area contributed by atoms with Crippen LogP contribution in [0.25, 0.3) is 0 Å². The summed E-state index contributed by atoms with van der Waals surface area (Å²) in [5.41, 5.74) is 2.81. The molecule has 3 rings (SSSR count). The normalized spacial score (nSPS) is 10.4. The van der Waals surface area contributed by atoms with Crippen LogP contribution in [0.4, 0.5) is 5.69 Å². The number of benzene rings is 2. The van der Waals surface area contributed by atoms with Gasteiger partial charge < -0.3 is 10.6 Å². The molecular formula is C20H21N3OS. The summed E-state index contributed by atoms with van der Waals surface area (Å²) in [6.07, 6.45) is 1.63. The van der Waals surface area contributed by atoms with Gasteiger partial charge in [0.05, 0.1) is 5.01 Å². The summed E-state index contributed by atoms with van der Waals surface area (Å²) in [6, 6.07) is 20.2. The molecule has 5 heteroatoms. The number of aromatic nitrogens is 1. The summed E-state index contributed by atoms with van der Waals surface area (Å²) >= 11 is 1.53. The number of hydrogen-bond donors (Lipinski definition) is 2. The number of rotatable bonds is 8. The van der Waals surface area contributed by atoms with Gasteiger partial charge in [-0.3, -0.25) is 4.79 Å². The Morgan fingerprint density at radius 1 is 0.960 bits per heavy atom. The van der Waals surface area contributed by atoms with E-state index >= 15 is 0 Å². The molecule has 25 heavy (non-hydrogen) atoms. The second-order valence-corrected chi connectivity index (χ2v) is 6.63. The molecule has 0 aliphatic carbocycles. The Kier molecular flexibility index (Phi) is 6.17. The van der Waals surface area contributed by atoms with E-state index in [9.17, 15) is 4.79 Å². The molecule has 2 N–H and O–H groups in total. The molecule has 0 fully saturated rings. The molecule has 1 aromatic heterocycles. The van der Waals surface area contributed by atoms with Crippen LogP contribution in [0.15, 0.2) is 66.0 Å². The van der Waals surface area contributed by atoms with Gasteiger partial charge in [-0.15, -0.1) is 11.3 Å². The molecule has 1 amide bonds. The SMILES string of the molecule is O=C(NCCCNc1ccccc1)c1csc(Cc2ccccc2)n1. The Labute approximate surface area is 151 Å². The van der Waals surface area contributed by atoms with Gasteiger partial charge in [-0.05, 0) is 24.1 Å². The number of hydrogen-bond acceptors (Lipinski definition) is 4. The van der Waals surface area contributed by atoms with Crippen molar-refractivity contribution in [3.05, 3.63) is 82.3 Å². The monoisotopic (exact) mass is 351 g/mol. The molecule has 1 heterocycles. The summed E-state index contributed by atoms with van der Waals surface area (Å²) in [5.74, 6) is -0.102. The highest BCUT2D eigenvalue weighted by Crippen LogP contribution is 2.14. The lowest BCUT2D eigenvalue weighted by Crippen LogP contribution is -2.26. The Bertz CT molecular complexity index is 787. The quantitative estimate of drug-likeness (QED) is 0.604. The lowest BCUT2D eigenvalue weighted by molar-refractivity contribution is 0.0949. The van der Waals surface area contributed by atoms with E-state index in [-0.39, 0.29) is 5.91 Å². The van der Waals surface area contributed by atoms with E-state index in [1.165, 1.54) is 16.9 Å². The summed E-state index contributed by atoms with van der Waals surface area (Å²) in [5, 5.41) is 9.04. The number of thiazole rings is 1. The van der Waals surface area contributed by atoms with E-state index in [0.29, 0.717) is 12.2 Å². The van der Waals surface area contributed by atoms with Crippen molar-refractivity contribution in [2.24, 2.45) is 0 Å². The van der Waals surface area contributed by atoms with E-state index in [1.54, 1.807) is 0 Å². The average Bonchev–Trinajstić information content (AvgIpc) is 3.11. The molecule has 0 unspecified atom stereocenters. The van der Waals surface area contributed by atoms with Crippen LogP contribution in [-0.2, 0) is 6.42 Å². The molecule has 0 spiro atoms. The van der Waals surface area contributed by atoms with Crippen LogP contribution in [0.3, 0.4) is 0 Å². The van der Waals surface area contributed by atoms with Gasteiger partial charge in [-0.1, -0.05) is 48.5 Å². The summed E-state index contributed by atoms with van der Waals surface area (Å²) in [7, 11) is 0. The molecule has 4 nitrogen and oxygen atoms in total. The van der Waals surface area contributed by atoms with E-state index in [2.05, 4.69) is 27.8 Å². The molecule has 0 atom stereocenters. The predicted molar refractivity (Wildman–Crippen MR) is 103 cm³/mol. The maximum atomic E-state index is 12.2. The largest absolute Gasteiger partial charge is 0.385 e. The third-order valence-electron chi connectivity index (χ3n) is 3.72. The minimum absolute atomic E-state index is 0.102. The lowest BCUT2D eigenvalue weighted by Gasteiger charge is -2.06. The van der Waals surface area contributed by atoms with E-state index in [4.69, 9.17) is 0 Å². The highest BCUT2D eigenvalue weighted by Gasteiger charge is 2.10. The van der Waals surface area contributed by atoms with Crippen molar-refractivity contribution < 1.29 is 4.79 Å². The van der Waals surface area contributed by atoms with Crippen LogP contribution in [0.5, 0.6) is 0 Å². The van der Waals surface area contributed by atoms with Gasteiger partial charge in [0.2, 0.25) is 0 Å². The number of nitrogens with zero attached hydrogens (tertiary/aromatic N) is 1. The first-order chi connectivity index (χ1) is 12.3. The van der Waals surface area contributed by atoms with Gasteiger partial charge in [0.15, 0.2) is 0 Å². The standard InChI is InChI=1S/C20H21N3OS/c24-20(22-13-7-12-21-17-10-5-2-6-11-17)18-15-25-19(23-18)14-16-8-3-1-4-9-16/h1-6,8-11,15,21H,7,12-14H2,(H,22,24). The van der Waals surface area contributed by atoms with Crippen LogP contribution in [0, 0.1) is 0 Å². The summed E-state index contributed by atoms with van der Waals surface area (Å²) < 4.78 is 0. The molecule has 0 bridgehead atoms. The van der Waals surface area contributed by atoms with Crippen molar-refractivity contribution in [2.45, 2.75) is 12.8 Å². The van der Waals surface area contributed by atoms with Crippen molar-refractivity contribution in [1.29, 1.82) is 0 Å². The molecule has 128 valence electrons. The number of amides is 1. The fourth-order valence-electron chi connectivity index (χ4n) is 2.44. The van der Waals surface area contributed by atoms with Crippen LogP contribution < -0.4 is 10.6 Å². The Hall–Kier alpha value is -2.66. The highest BCUT2D eigenvalue weighted by molar-refractivity contribution is 7.09. The molecule has 0 aliphatic heterocycles. The third kappa shape index (κ3) is 5.43. The molecular weight excluding hydrogens is 330 g/mol. The van der Waals surface area contributed by atoms with Crippen molar-refractivity contribution in [1.82, 2.24) is 10.3 Å². The first kappa shape index (κ1) is 17.2. The minimum atomic E-state index is -0.102. The molecule has 0 saturated carbocycles. The Morgan fingerprint density at radius 3 is 2.44 bits per heavy atom. The van der Waals surface area contributed by atoms with Crippen molar-refractivity contribution in [3.63, 3.8) is 0 Å². The zero-order chi connectivity index (χ0) is 17.3. The van der Waals surface area contributed by atoms with Gasteiger partial charge in [0, 0.05) is 30.6 Å². The maximum Gasteiger partial charge on any atom is 0.270 e. The van der Waals surface area contributed by atoms with Gasteiger partial charge in [-0.25, -0.2) is 4.98 Å². The van der Waals surface area contributed by atoms with Crippen LogP contribution in [-0.4, -0.2) is 24.0 Å². The van der Waals surface area contributed by atoms with Crippen molar-refractivity contribution in [3.8, 4) is 0 Å². The number of carbonyl (C=O) groups is 1. The van der Waals surface area contributed by atoms with Gasteiger partial charge >= 0.3 is 0 Å². The van der Waals surface area contributed by atoms with Crippen molar-refractivity contribution >= 4 is 22.9 Å². The van der Waals surface area contributed by atoms with Crippen LogP contribution in [0.2, 0.25) is 0 Å². The predicted octanol–water partition coefficient (Wildman–Crippen LogP) is 3.97. The number of para-hydroxylation sites is 1. The lowest BCUT2D eigenvalue weighted by atomic mass is 10.2. The second kappa shape index (κ2) is 8.99. The minimum Gasteiger partial charge on any atom is -0.385 e. The van der Waals surface area contributed by atoms with E-state index in [0.717, 1.165) is 30.1 Å². The molecule has 0 aliphatic rings. The van der Waals surface area contributed by atoms with Gasteiger partial charge in [-0.2, -0.15) is 0 Å². The van der Waals surface area contributed by atoms with Gasteiger partial charge in [0.25, 0.3) is 5.91 Å². The zero-order valence-corrected chi connectivity index (χ0v) is 14.8. The highest BCUT2D eigenvalue weighted by atomic mass is 32.1. The van der Waals surface area contributed by atoms with Gasteiger partial charge in [0.1, 0.15) is 5.69 Å². The van der Waals surface area contributed by atoms with Crippen LogP contribution in [0.1, 0.15) is 27.5 Å². The first-order valence-electron chi connectivity index (χ1n) is 8.37. The Balaban J connectivity index is 1.40. The number of carbonyl (C=O) groups excluding carboxylic acids is 1. The van der Waals surface area contributed by atoms with Crippen LogP contribution >= 0.6 is 11.3 Å². The smallest absolute Gasteiger partial charge is 0.270 e. The van der Waals surface area contributed by atoms with E-state index in [1.807, 2.05) is 53.9 Å². The van der Waals surface area contributed by atoms with Crippen molar-refractivity contribution in [2.75, 3.05) is 18.4 Å². The number of nitrogens with one attached hydrogen (secondary N) is 2. The molecule has 3 aromatic rings. The fraction of sp³-hybridized carbons (Fsp3) is 0.200.